The highest BCUT2D eigenvalue weighted by Crippen LogP contribution is 2.33. The lowest BCUT2D eigenvalue weighted by Gasteiger charge is -2.37. The molecule has 172 valence electrons. The van der Waals surface area contributed by atoms with Crippen LogP contribution in [0.1, 0.15) is 27.2 Å². The highest BCUT2D eigenvalue weighted by Gasteiger charge is 2.27. The number of piperazine rings is 1. The molecule has 1 aromatic carbocycles. The zero-order valence-electron chi connectivity index (χ0n) is 18.8. The van der Waals surface area contributed by atoms with E-state index in [-0.39, 0.29) is 19.1 Å². The van der Waals surface area contributed by atoms with Gasteiger partial charge in [0.15, 0.2) is 0 Å². The number of carbonyl (C=O) groups is 3. The van der Waals surface area contributed by atoms with Crippen molar-refractivity contribution in [3.63, 3.8) is 0 Å². The largest absolute Gasteiger partial charge is 0.495 e. The topological polar surface area (TPSA) is 115 Å². The van der Waals surface area contributed by atoms with Crippen molar-refractivity contribution in [2.45, 2.75) is 32.8 Å². The number of anilines is 2. The molecule has 0 unspecified atom stereocenters. The van der Waals surface area contributed by atoms with Gasteiger partial charge in [-0.25, -0.2) is 9.59 Å². The standard InChI is InChI=1S/C21H32N4O6/c1-21(2,3)31-20(28)24-12-10-23(11-13-24)15-6-7-17(29-4)16(14-15)25(19(22)27)9-8-18(26)30-5/h6-7,14H,8-13H2,1-5H3,(H2,22,27). The normalized spacial score (nSPS) is 14.1. The van der Waals surface area contributed by atoms with Gasteiger partial charge in [0.25, 0.3) is 0 Å². The molecule has 10 heteroatoms. The first kappa shape index (κ1) is 24.1. The third-order valence-electron chi connectivity index (χ3n) is 4.78. The number of ether oxygens (including phenoxy) is 3. The Balaban J connectivity index is 2.15. The smallest absolute Gasteiger partial charge is 0.410 e. The fraction of sp³-hybridized carbons (Fsp3) is 0.571. The van der Waals surface area contributed by atoms with Gasteiger partial charge in [0.05, 0.1) is 26.3 Å². The van der Waals surface area contributed by atoms with Gasteiger partial charge in [0, 0.05) is 38.4 Å². The van der Waals surface area contributed by atoms with Gasteiger partial charge in [0.2, 0.25) is 0 Å². The molecule has 0 saturated carbocycles. The molecule has 1 saturated heterocycles. The molecule has 0 radical (unpaired) electrons. The molecular weight excluding hydrogens is 404 g/mol. The van der Waals surface area contributed by atoms with Crippen LogP contribution in [0, 0.1) is 0 Å². The molecule has 2 rings (SSSR count). The first-order valence-corrected chi connectivity index (χ1v) is 10.1. The molecule has 2 N–H and O–H groups in total. The summed E-state index contributed by atoms with van der Waals surface area (Å²) >= 11 is 0. The second-order valence-corrected chi connectivity index (χ2v) is 8.13. The number of methoxy groups -OCH3 is 2. The summed E-state index contributed by atoms with van der Waals surface area (Å²) in [5, 5.41) is 0. The predicted molar refractivity (Wildman–Crippen MR) is 117 cm³/mol. The third kappa shape index (κ3) is 6.66. The summed E-state index contributed by atoms with van der Waals surface area (Å²) < 4.78 is 15.5. The van der Waals surface area contributed by atoms with E-state index >= 15 is 0 Å². The molecule has 1 heterocycles. The van der Waals surface area contributed by atoms with Gasteiger partial charge in [-0.05, 0) is 39.0 Å². The van der Waals surface area contributed by atoms with Crippen LogP contribution in [0.5, 0.6) is 5.75 Å². The first-order valence-electron chi connectivity index (χ1n) is 10.1. The van der Waals surface area contributed by atoms with Crippen LogP contribution >= 0.6 is 0 Å². The molecule has 0 atom stereocenters. The fourth-order valence-electron chi connectivity index (χ4n) is 3.21. The number of nitrogens with zero attached hydrogens (tertiary/aromatic N) is 3. The van der Waals surface area contributed by atoms with E-state index in [9.17, 15) is 14.4 Å². The average Bonchev–Trinajstić information content (AvgIpc) is 2.72. The maximum atomic E-state index is 12.3. The number of primary amides is 1. The Morgan fingerprint density at radius 2 is 1.74 bits per heavy atom. The number of rotatable bonds is 6. The second-order valence-electron chi connectivity index (χ2n) is 8.13. The summed E-state index contributed by atoms with van der Waals surface area (Å²) in [7, 11) is 2.78. The lowest BCUT2D eigenvalue weighted by molar-refractivity contribution is -0.140. The molecule has 0 aliphatic carbocycles. The average molecular weight is 437 g/mol. The number of urea groups is 1. The lowest BCUT2D eigenvalue weighted by atomic mass is 10.2. The van der Waals surface area contributed by atoms with Gasteiger partial charge >= 0.3 is 18.1 Å². The van der Waals surface area contributed by atoms with Gasteiger partial charge in [-0.1, -0.05) is 0 Å². The number of carbonyl (C=O) groups excluding carboxylic acids is 3. The van der Waals surface area contributed by atoms with Crippen LogP contribution in [0.4, 0.5) is 21.0 Å². The van der Waals surface area contributed by atoms with Crippen molar-refractivity contribution in [1.82, 2.24) is 4.90 Å². The summed E-state index contributed by atoms with van der Waals surface area (Å²) in [5.74, 6) is 0.0134. The van der Waals surface area contributed by atoms with E-state index < -0.39 is 17.6 Å². The number of hydrogen-bond acceptors (Lipinski definition) is 7. The van der Waals surface area contributed by atoms with Crippen LogP contribution in [0.3, 0.4) is 0 Å². The fourth-order valence-corrected chi connectivity index (χ4v) is 3.21. The Kier molecular flexibility index (Phi) is 7.95. The summed E-state index contributed by atoms with van der Waals surface area (Å²) in [6.45, 7) is 7.80. The van der Waals surface area contributed by atoms with Crippen molar-refractivity contribution in [3.8, 4) is 5.75 Å². The molecule has 1 aromatic rings. The summed E-state index contributed by atoms with van der Waals surface area (Å²) in [6, 6.07) is 4.72. The molecule has 10 nitrogen and oxygen atoms in total. The molecule has 3 amide bonds. The number of benzene rings is 1. The van der Waals surface area contributed by atoms with E-state index in [1.807, 2.05) is 26.8 Å². The maximum Gasteiger partial charge on any atom is 0.410 e. The van der Waals surface area contributed by atoms with Gasteiger partial charge < -0.3 is 29.7 Å². The van der Waals surface area contributed by atoms with E-state index in [0.717, 1.165) is 5.69 Å². The van der Waals surface area contributed by atoms with Crippen molar-refractivity contribution >= 4 is 29.5 Å². The van der Waals surface area contributed by atoms with Crippen molar-refractivity contribution < 1.29 is 28.6 Å². The summed E-state index contributed by atoms with van der Waals surface area (Å²) in [5.41, 5.74) is 6.33. The third-order valence-corrected chi connectivity index (χ3v) is 4.78. The van der Waals surface area contributed by atoms with E-state index in [1.165, 1.54) is 19.1 Å². The highest BCUT2D eigenvalue weighted by atomic mass is 16.6. The van der Waals surface area contributed by atoms with Crippen LogP contribution in [0.2, 0.25) is 0 Å². The molecule has 1 aliphatic heterocycles. The van der Waals surface area contributed by atoms with Crippen LogP contribution in [-0.2, 0) is 14.3 Å². The number of nitrogens with two attached hydrogens (primary N) is 1. The molecule has 0 bridgehead atoms. The van der Waals surface area contributed by atoms with E-state index in [2.05, 4.69) is 9.64 Å². The molecule has 1 aliphatic rings. The van der Waals surface area contributed by atoms with Crippen molar-refractivity contribution in [2.75, 3.05) is 56.7 Å². The Labute approximate surface area is 182 Å². The Bertz CT molecular complexity index is 800. The lowest BCUT2D eigenvalue weighted by Crippen LogP contribution is -2.50. The van der Waals surface area contributed by atoms with Gasteiger partial charge in [-0.3, -0.25) is 9.69 Å². The maximum absolute atomic E-state index is 12.3. The highest BCUT2D eigenvalue weighted by molar-refractivity contribution is 5.93. The monoisotopic (exact) mass is 436 g/mol. The quantitative estimate of drug-likeness (QED) is 0.680. The molecular formula is C21H32N4O6. The van der Waals surface area contributed by atoms with Crippen molar-refractivity contribution in [3.05, 3.63) is 18.2 Å². The van der Waals surface area contributed by atoms with E-state index in [1.54, 1.807) is 17.0 Å². The minimum absolute atomic E-state index is 0.00137. The zero-order valence-corrected chi connectivity index (χ0v) is 18.8. The van der Waals surface area contributed by atoms with Crippen LogP contribution in [-0.4, -0.2) is 75.5 Å². The summed E-state index contributed by atoms with van der Waals surface area (Å²) in [4.78, 5) is 40.9. The van der Waals surface area contributed by atoms with Crippen LogP contribution in [0.25, 0.3) is 0 Å². The van der Waals surface area contributed by atoms with Gasteiger partial charge in [-0.15, -0.1) is 0 Å². The number of amides is 3. The van der Waals surface area contributed by atoms with Crippen LogP contribution < -0.4 is 20.3 Å². The second kappa shape index (κ2) is 10.2. The molecule has 0 aromatic heterocycles. The van der Waals surface area contributed by atoms with Gasteiger partial charge in [0.1, 0.15) is 11.4 Å². The predicted octanol–water partition coefficient (Wildman–Crippen LogP) is 2.20. The minimum atomic E-state index is -0.700. The van der Waals surface area contributed by atoms with E-state index in [0.29, 0.717) is 37.6 Å². The van der Waals surface area contributed by atoms with Gasteiger partial charge in [-0.2, -0.15) is 0 Å². The van der Waals surface area contributed by atoms with Crippen molar-refractivity contribution in [1.29, 1.82) is 0 Å². The Morgan fingerprint density at radius 1 is 1.10 bits per heavy atom. The Hall–Kier alpha value is -3.17. The first-order chi connectivity index (χ1) is 14.6. The SMILES string of the molecule is COC(=O)CCN(C(N)=O)c1cc(N2CCN(C(=O)OC(C)(C)C)CC2)ccc1OC. The molecule has 0 spiro atoms. The minimum Gasteiger partial charge on any atom is -0.495 e. The molecule has 1 fully saturated rings. The molecule has 31 heavy (non-hydrogen) atoms. The Morgan fingerprint density at radius 3 is 2.26 bits per heavy atom. The van der Waals surface area contributed by atoms with E-state index in [4.69, 9.17) is 15.2 Å². The van der Waals surface area contributed by atoms with Crippen molar-refractivity contribution in [2.24, 2.45) is 5.73 Å². The number of hydrogen-bond donors (Lipinski definition) is 1. The zero-order chi connectivity index (χ0) is 23.2. The van der Waals surface area contributed by atoms with Crippen LogP contribution in [0.15, 0.2) is 18.2 Å². The number of esters is 1. The summed E-state index contributed by atoms with van der Waals surface area (Å²) in [6.07, 6.45) is -0.327.